The van der Waals surface area contributed by atoms with E-state index in [1.165, 1.54) is 7.11 Å². The fourth-order valence-electron chi connectivity index (χ4n) is 2.50. The molecular weight excluding hydrogens is 318 g/mol. The van der Waals surface area contributed by atoms with Crippen molar-refractivity contribution in [1.82, 2.24) is 9.78 Å². The van der Waals surface area contributed by atoms with Crippen molar-refractivity contribution in [1.29, 1.82) is 0 Å². The number of ether oxygens (including phenoxy) is 2. The molecule has 128 valence electrons. The molecule has 0 atom stereocenters. The fraction of sp³-hybridized carbons (Fsp3) is 0.158. The number of benzene rings is 2. The number of methoxy groups -OCH3 is 2. The first-order valence-electron chi connectivity index (χ1n) is 7.79. The lowest BCUT2D eigenvalue weighted by Crippen LogP contribution is -2.12. The highest BCUT2D eigenvalue weighted by Crippen LogP contribution is 2.19. The van der Waals surface area contributed by atoms with E-state index in [0.29, 0.717) is 23.5 Å². The maximum Gasteiger partial charge on any atom is 0.259 e. The Hall–Kier alpha value is -3.28. The normalized spacial score (nSPS) is 10.3. The quantitative estimate of drug-likeness (QED) is 0.750. The van der Waals surface area contributed by atoms with Crippen molar-refractivity contribution in [3.05, 3.63) is 72.1 Å². The van der Waals surface area contributed by atoms with E-state index in [9.17, 15) is 4.79 Å². The highest BCUT2D eigenvalue weighted by atomic mass is 16.5. The molecule has 0 aliphatic heterocycles. The summed E-state index contributed by atoms with van der Waals surface area (Å²) in [5, 5.41) is 7.12. The SMILES string of the molecule is COc1cccc(Cn2cc(NC(=O)c3ccccc3OC)cn2)c1. The number of rotatable bonds is 6. The summed E-state index contributed by atoms with van der Waals surface area (Å²) in [6.45, 7) is 0.585. The van der Waals surface area contributed by atoms with Gasteiger partial charge in [-0.1, -0.05) is 24.3 Å². The van der Waals surface area contributed by atoms with Gasteiger partial charge in [-0.3, -0.25) is 9.48 Å². The van der Waals surface area contributed by atoms with E-state index < -0.39 is 0 Å². The Labute approximate surface area is 146 Å². The molecule has 3 aromatic rings. The number of anilines is 1. The second-order valence-corrected chi connectivity index (χ2v) is 5.43. The summed E-state index contributed by atoms with van der Waals surface area (Å²) in [5.74, 6) is 1.09. The molecule has 1 amide bonds. The van der Waals surface area contributed by atoms with Crippen LogP contribution >= 0.6 is 0 Å². The van der Waals surface area contributed by atoms with Gasteiger partial charge < -0.3 is 14.8 Å². The molecule has 0 aliphatic rings. The Morgan fingerprint density at radius 1 is 1.12 bits per heavy atom. The smallest absolute Gasteiger partial charge is 0.259 e. The van der Waals surface area contributed by atoms with E-state index in [4.69, 9.17) is 9.47 Å². The molecule has 1 heterocycles. The van der Waals surface area contributed by atoms with E-state index >= 15 is 0 Å². The molecule has 0 fully saturated rings. The van der Waals surface area contributed by atoms with Crippen molar-refractivity contribution in [3.63, 3.8) is 0 Å². The number of aromatic nitrogens is 2. The minimum Gasteiger partial charge on any atom is -0.497 e. The molecule has 0 saturated carbocycles. The molecule has 6 heteroatoms. The van der Waals surface area contributed by atoms with Crippen molar-refractivity contribution >= 4 is 11.6 Å². The van der Waals surface area contributed by atoms with Crippen molar-refractivity contribution in [3.8, 4) is 11.5 Å². The van der Waals surface area contributed by atoms with Crippen molar-refractivity contribution in [2.24, 2.45) is 0 Å². The van der Waals surface area contributed by atoms with Crippen molar-refractivity contribution < 1.29 is 14.3 Å². The molecule has 0 bridgehead atoms. The zero-order valence-corrected chi connectivity index (χ0v) is 14.1. The number of nitrogens with zero attached hydrogens (tertiary/aromatic N) is 2. The Morgan fingerprint density at radius 3 is 2.76 bits per heavy atom. The average molecular weight is 337 g/mol. The average Bonchev–Trinajstić information content (AvgIpc) is 3.08. The molecule has 6 nitrogen and oxygen atoms in total. The molecule has 2 aromatic carbocycles. The van der Waals surface area contributed by atoms with Crippen LogP contribution in [-0.2, 0) is 6.54 Å². The molecule has 1 N–H and O–H groups in total. The second kappa shape index (κ2) is 7.53. The van der Waals surface area contributed by atoms with Gasteiger partial charge in [0.1, 0.15) is 11.5 Å². The van der Waals surface area contributed by atoms with Crippen LogP contribution in [0.3, 0.4) is 0 Å². The van der Waals surface area contributed by atoms with E-state index in [0.717, 1.165) is 11.3 Å². The predicted octanol–water partition coefficient (Wildman–Crippen LogP) is 3.20. The van der Waals surface area contributed by atoms with Crippen LogP contribution in [0.2, 0.25) is 0 Å². The van der Waals surface area contributed by atoms with Crippen LogP contribution in [0, 0.1) is 0 Å². The Balaban J connectivity index is 1.70. The summed E-state index contributed by atoms with van der Waals surface area (Å²) in [5.41, 5.74) is 2.16. The van der Waals surface area contributed by atoms with Gasteiger partial charge in [-0.15, -0.1) is 0 Å². The molecular formula is C19H19N3O3. The molecule has 25 heavy (non-hydrogen) atoms. The van der Waals surface area contributed by atoms with Crippen LogP contribution in [0.1, 0.15) is 15.9 Å². The molecule has 0 unspecified atom stereocenters. The largest absolute Gasteiger partial charge is 0.497 e. The van der Waals surface area contributed by atoms with Crippen LogP contribution in [-0.4, -0.2) is 29.9 Å². The number of hydrogen-bond donors (Lipinski definition) is 1. The first-order chi connectivity index (χ1) is 12.2. The standard InChI is InChI=1S/C19H19N3O3/c1-24-16-7-5-6-14(10-16)12-22-13-15(11-20-22)21-19(23)17-8-3-4-9-18(17)25-2/h3-11,13H,12H2,1-2H3,(H,21,23). The summed E-state index contributed by atoms with van der Waals surface area (Å²) < 4.78 is 12.2. The summed E-state index contributed by atoms with van der Waals surface area (Å²) >= 11 is 0. The van der Waals surface area contributed by atoms with Crippen molar-refractivity contribution in [2.75, 3.05) is 19.5 Å². The number of hydrogen-bond acceptors (Lipinski definition) is 4. The maximum absolute atomic E-state index is 12.4. The van der Waals surface area contributed by atoms with E-state index in [1.54, 1.807) is 42.4 Å². The summed E-state index contributed by atoms with van der Waals surface area (Å²) in [6, 6.07) is 14.9. The van der Waals surface area contributed by atoms with E-state index in [2.05, 4.69) is 10.4 Å². The first kappa shape index (κ1) is 16.6. The van der Waals surface area contributed by atoms with Gasteiger partial charge >= 0.3 is 0 Å². The van der Waals surface area contributed by atoms with Crippen LogP contribution in [0.5, 0.6) is 11.5 Å². The zero-order chi connectivity index (χ0) is 17.6. The highest BCUT2D eigenvalue weighted by molar-refractivity contribution is 6.06. The Kier molecular flexibility index (Phi) is 4.99. The Bertz CT molecular complexity index is 874. The molecule has 0 aliphatic carbocycles. The van der Waals surface area contributed by atoms with Crippen LogP contribution in [0.4, 0.5) is 5.69 Å². The van der Waals surface area contributed by atoms with Gasteiger partial charge in [-0.25, -0.2) is 0 Å². The van der Waals surface area contributed by atoms with Gasteiger partial charge in [0.15, 0.2) is 0 Å². The molecule has 3 rings (SSSR count). The lowest BCUT2D eigenvalue weighted by atomic mass is 10.2. The fourth-order valence-corrected chi connectivity index (χ4v) is 2.50. The monoisotopic (exact) mass is 337 g/mol. The third kappa shape index (κ3) is 3.98. The lowest BCUT2D eigenvalue weighted by Gasteiger charge is -2.07. The zero-order valence-electron chi connectivity index (χ0n) is 14.1. The summed E-state index contributed by atoms with van der Waals surface area (Å²) in [7, 11) is 3.18. The number of para-hydroxylation sites is 1. The van der Waals surface area contributed by atoms with Crippen LogP contribution < -0.4 is 14.8 Å². The predicted molar refractivity (Wildman–Crippen MR) is 95.3 cm³/mol. The lowest BCUT2D eigenvalue weighted by molar-refractivity contribution is 0.102. The molecule has 0 saturated heterocycles. The number of nitrogens with one attached hydrogen (secondary N) is 1. The minimum atomic E-state index is -0.238. The van der Waals surface area contributed by atoms with Gasteiger partial charge in [-0.2, -0.15) is 5.10 Å². The third-order valence-electron chi connectivity index (χ3n) is 3.72. The van der Waals surface area contributed by atoms with Gasteiger partial charge in [0.05, 0.1) is 38.2 Å². The Morgan fingerprint density at radius 2 is 1.96 bits per heavy atom. The molecule has 1 aromatic heterocycles. The highest BCUT2D eigenvalue weighted by Gasteiger charge is 2.12. The maximum atomic E-state index is 12.4. The molecule has 0 radical (unpaired) electrons. The minimum absolute atomic E-state index is 0.238. The number of carbonyl (C=O) groups excluding carboxylic acids is 1. The third-order valence-corrected chi connectivity index (χ3v) is 3.72. The first-order valence-corrected chi connectivity index (χ1v) is 7.79. The number of carbonyl (C=O) groups is 1. The van der Waals surface area contributed by atoms with Gasteiger partial charge in [-0.05, 0) is 29.8 Å². The van der Waals surface area contributed by atoms with Crippen LogP contribution in [0.25, 0.3) is 0 Å². The summed E-state index contributed by atoms with van der Waals surface area (Å²) in [4.78, 5) is 12.4. The summed E-state index contributed by atoms with van der Waals surface area (Å²) in [6.07, 6.45) is 3.40. The van der Waals surface area contributed by atoms with Gasteiger partial charge in [0, 0.05) is 6.20 Å². The topological polar surface area (TPSA) is 65.4 Å². The second-order valence-electron chi connectivity index (χ2n) is 5.43. The van der Waals surface area contributed by atoms with Gasteiger partial charge in [0.2, 0.25) is 0 Å². The molecule has 0 spiro atoms. The van der Waals surface area contributed by atoms with Gasteiger partial charge in [0.25, 0.3) is 5.91 Å². The van der Waals surface area contributed by atoms with Crippen molar-refractivity contribution in [2.45, 2.75) is 6.54 Å². The van der Waals surface area contributed by atoms with E-state index in [1.807, 2.05) is 30.3 Å². The van der Waals surface area contributed by atoms with Crippen LogP contribution in [0.15, 0.2) is 60.9 Å². The number of amides is 1. The van der Waals surface area contributed by atoms with E-state index in [-0.39, 0.29) is 5.91 Å².